The highest BCUT2D eigenvalue weighted by molar-refractivity contribution is 5.94. The number of amides is 1. The number of nitrogens with zero attached hydrogens (tertiary/aromatic N) is 1. The van der Waals surface area contributed by atoms with Crippen LogP contribution in [0.5, 0.6) is 0 Å². The zero-order valence-electron chi connectivity index (χ0n) is 10.2. The average Bonchev–Trinajstić information content (AvgIpc) is 2.37. The number of aromatic nitrogens is 1. The summed E-state index contributed by atoms with van der Waals surface area (Å²) >= 11 is 0. The number of hydrogen-bond donors (Lipinski definition) is 2. The van der Waals surface area contributed by atoms with Crippen LogP contribution in [0.15, 0.2) is 31.0 Å². The smallest absolute Gasteiger partial charge is 0.253 e. The van der Waals surface area contributed by atoms with E-state index in [1.165, 1.54) is 0 Å². The third kappa shape index (κ3) is 4.68. The van der Waals surface area contributed by atoms with Gasteiger partial charge in [-0.05, 0) is 18.6 Å². The number of anilines is 1. The van der Waals surface area contributed by atoms with Gasteiger partial charge in [0.05, 0.1) is 5.56 Å². The maximum atomic E-state index is 11.6. The van der Waals surface area contributed by atoms with Crippen LogP contribution in [0.1, 0.15) is 30.1 Å². The Morgan fingerprint density at radius 2 is 2.35 bits per heavy atom. The van der Waals surface area contributed by atoms with Gasteiger partial charge in [0.15, 0.2) is 0 Å². The van der Waals surface area contributed by atoms with Crippen molar-refractivity contribution >= 4 is 11.7 Å². The van der Waals surface area contributed by atoms with Crippen LogP contribution in [0.4, 0.5) is 5.82 Å². The molecule has 2 N–H and O–H groups in total. The molecule has 0 atom stereocenters. The van der Waals surface area contributed by atoms with Gasteiger partial charge in [0.2, 0.25) is 0 Å². The van der Waals surface area contributed by atoms with Gasteiger partial charge in [-0.15, -0.1) is 6.58 Å². The lowest BCUT2D eigenvalue weighted by Crippen LogP contribution is -2.23. The Bertz CT molecular complexity index is 359. The highest BCUT2D eigenvalue weighted by Crippen LogP contribution is 2.05. The van der Waals surface area contributed by atoms with Gasteiger partial charge < -0.3 is 10.6 Å². The van der Waals surface area contributed by atoms with E-state index >= 15 is 0 Å². The van der Waals surface area contributed by atoms with Crippen LogP contribution in [0, 0.1) is 0 Å². The highest BCUT2D eigenvalue weighted by atomic mass is 16.1. The average molecular weight is 233 g/mol. The Balaban J connectivity index is 2.49. The molecule has 1 aromatic rings. The van der Waals surface area contributed by atoms with Crippen LogP contribution in [-0.4, -0.2) is 24.0 Å². The van der Waals surface area contributed by atoms with Crippen molar-refractivity contribution in [3.63, 3.8) is 0 Å². The number of rotatable bonds is 7. The molecule has 0 radical (unpaired) electrons. The second-order valence-electron chi connectivity index (χ2n) is 3.71. The first-order valence-corrected chi connectivity index (χ1v) is 5.87. The summed E-state index contributed by atoms with van der Waals surface area (Å²) in [7, 11) is 0. The van der Waals surface area contributed by atoms with Crippen molar-refractivity contribution in [3.05, 3.63) is 36.5 Å². The van der Waals surface area contributed by atoms with Gasteiger partial charge in [-0.3, -0.25) is 4.79 Å². The summed E-state index contributed by atoms with van der Waals surface area (Å²) in [4.78, 5) is 15.7. The van der Waals surface area contributed by atoms with E-state index in [1.807, 2.05) is 6.07 Å². The fraction of sp³-hybridized carbons (Fsp3) is 0.385. The summed E-state index contributed by atoms with van der Waals surface area (Å²) < 4.78 is 0. The summed E-state index contributed by atoms with van der Waals surface area (Å²) in [5.74, 6) is 0.677. The zero-order valence-corrected chi connectivity index (χ0v) is 10.2. The molecular formula is C13H19N3O. The lowest BCUT2D eigenvalue weighted by molar-refractivity contribution is 0.0957. The number of carbonyl (C=O) groups is 1. The van der Waals surface area contributed by atoms with Crippen LogP contribution < -0.4 is 10.6 Å². The molecule has 0 spiro atoms. The second-order valence-corrected chi connectivity index (χ2v) is 3.71. The normalized spacial score (nSPS) is 9.71. The van der Waals surface area contributed by atoms with E-state index in [1.54, 1.807) is 18.3 Å². The van der Waals surface area contributed by atoms with Gasteiger partial charge in [0, 0.05) is 19.3 Å². The Hall–Kier alpha value is -1.84. The van der Waals surface area contributed by atoms with Crippen molar-refractivity contribution in [2.24, 2.45) is 0 Å². The topological polar surface area (TPSA) is 54.0 Å². The van der Waals surface area contributed by atoms with Crippen LogP contribution in [0.3, 0.4) is 0 Å². The van der Waals surface area contributed by atoms with Crippen LogP contribution in [0.25, 0.3) is 0 Å². The van der Waals surface area contributed by atoms with Gasteiger partial charge in [-0.1, -0.05) is 19.4 Å². The maximum absolute atomic E-state index is 11.6. The van der Waals surface area contributed by atoms with Gasteiger partial charge in [0.25, 0.3) is 5.91 Å². The quantitative estimate of drug-likeness (QED) is 0.561. The second kappa shape index (κ2) is 7.44. The first-order chi connectivity index (χ1) is 8.27. The molecule has 0 bridgehead atoms. The Morgan fingerprint density at radius 3 is 2.94 bits per heavy atom. The largest absolute Gasteiger partial charge is 0.370 e. The molecule has 17 heavy (non-hydrogen) atoms. The third-order valence-electron chi connectivity index (χ3n) is 2.27. The fourth-order valence-corrected chi connectivity index (χ4v) is 1.29. The predicted molar refractivity (Wildman–Crippen MR) is 70.2 cm³/mol. The number of nitrogens with one attached hydrogen (secondary N) is 2. The van der Waals surface area contributed by atoms with Crippen LogP contribution in [-0.2, 0) is 0 Å². The van der Waals surface area contributed by atoms with Crippen molar-refractivity contribution in [2.45, 2.75) is 19.8 Å². The minimum absolute atomic E-state index is 0.127. The molecule has 1 aromatic heterocycles. The zero-order chi connectivity index (χ0) is 12.5. The Kier molecular flexibility index (Phi) is 5.79. The molecule has 0 aliphatic heterocycles. The molecule has 0 aliphatic rings. The molecule has 0 saturated carbocycles. The minimum atomic E-state index is -0.127. The van der Waals surface area contributed by atoms with E-state index in [-0.39, 0.29) is 5.91 Å². The maximum Gasteiger partial charge on any atom is 0.253 e. The molecule has 0 aliphatic carbocycles. The number of carbonyl (C=O) groups excluding carboxylic acids is 1. The summed E-state index contributed by atoms with van der Waals surface area (Å²) in [6.45, 7) is 7.06. The van der Waals surface area contributed by atoms with E-state index in [0.29, 0.717) is 12.1 Å². The van der Waals surface area contributed by atoms with Crippen molar-refractivity contribution in [2.75, 3.05) is 18.4 Å². The SMILES string of the molecule is C=CCNC(=O)c1ccc(NCCCC)nc1. The minimum Gasteiger partial charge on any atom is -0.370 e. The Morgan fingerprint density at radius 1 is 1.53 bits per heavy atom. The van der Waals surface area contributed by atoms with Gasteiger partial charge in [0.1, 0.15) is 5.82 Å². The van der Waals surface area contributed by atoms with E-state index in [4.69, 9.17) is 0 Å². The molecule has 1 rings (SSSR count). The molecule has 0 saturated heterocycles. The summed E-state index contributed by atoms with van der Waals surface area (Å²) in [6.07, 6.45) is 5.48. The van der Waals surface area contributed by atoms with Crippen LogP contribution in [0.2, 0.25) is 0 Å². The molecule has 0 unspecified atom stereocenters. The molecule has 0 fully saturated rings. The number of unbranched alkanes of at least 4 members (excludes halogenated alkanes) is 1. The van der Waals surface area contributed by atoms with Crippen LogP contribution >= 0.6 is 0 Å². The van der Waals surface area contributed by atoms with Crippen molar-refractivity contribution < 1.29 is 4.79 Å². The van der Waals surface area contributed by atoms with E-state index in [9.17, 15) is 4.79 Å². The molecule has 92 valence electrons. The number of pyridine rings is 1. The van der Waals surface area contributed by atoms with E-state index in [2.05, 4.69) is 29.1 Å². The molecule has 0 aromatic carbocycles. The van der Waals surface area contributed by atoms with Crippen molar-refractivity contribution in [1.29, 1.82) is 0 Å². The molecule has 1 heterocycles. The van der Waals surface area contributed by atoms with E-state index in [0.717, 1.165) is 25.2 Å². The molecule has 1 amide bonds. The van der Waals surface area contributed by atoms with Gasteiger partial charge >= 0.3 is 0 Å². The summed E-state index contributed by atoms with van der Waals surface area (Å²) in [6, 6.07) is 3.58. The van der Waals surface area contributed by atoms with Crippen molar-refractivity contribution in [1.82, 2.24) is 10.3 Å². The Labute approximate surface area is 102 Å². The lowest BCUT2D eigenvalue weighted by Gasteiger charge is -2.05. The number of hydrogen-bond acceptors (Lipinski definition) is 3. The molecule has 4 heteroatoms. The van der Waals surface area contributed by atoms with Crippen molar-refractivity contribution in [3.8, 4) is 0 Å². The summed E-state index contributed by atoms with van der Waals surface area (Å²) in [5.41, 5.74) is 0.563. The predicted octanol–water partition coefficient (Wildman–Crippen LogP) is 2.21. The first-order valence-electron chi connectivity index (χ1n) is 5.87. The lowest BCUT2D eigenvalue weighted by atomic mass is 10.2. The van der Waals surface area contributed by atoms with E-state index < -0.39 is 0 Å². The van der Waals surface area contributed by atoms with Gasteiger partial charge in [-0.25, -0.2) is 4.98 Å². The summed E-state index contributed by atoms with van der Waals surface area (Å²) in [5, 5.41) is 5.90. The third-order valence-corrected chi connectivity index (χ3v) is 2.27. The monoisotopic (exact) mass is 233 g/mol. The fourth-order valence-electron chi connectivity index (χ4n) is 1.29. The first kappa shape index (κ1) is 13.2. The molecular weight excluding hydrogens is 214 g/mol. The molecule has 4 nitrogen and oxygen atoms in total. The highest BCUT2D eigenvalue weighted by Gasteiger charge is 2.04. The van der Waals surface area contributed by atoms with Gasteiger partial charge in [-0.2, -0.15) is 0 Å². The standard InChI is InChI=1S/C13H19N3O/c1-3-5-9-14-12-7-6-11(10-16-12)13(17)15-8-4-2/h4,6-7,10H,2-3,5,8-9H2,1H3,(H,14,16)(H,15,17).